The molecular weight excluding hydrogens is 544 g/mol. The van der Waals surface area contributed by atoms with Crippen molar-refractivity contribution in [1.29, 1.82) is 0 Å². The third-order valence-corrected chi connectivity index (χ3v) is 9.40. The van der Waals surface area contributed by atoms with Crippen molar-refractivity contribution in [2.24, 2.45) is 11.8 Å². The van der Waals surface area contributed by atoms with Gasteiger partial charge >= 0.3 is 6.09 Å². The summed E-state index contributed by atoms with van der Waals surface area (Å²) < 4.78 is 5.42. The number of piperazine rings is 1. The SMILES string of the molecule is CN1CCN(c2ccc(-c3cc(C(=O)NC[C@H]4CC[C@H](CN(C(=O)O)C5CCOC5)CC4)c4ccccc4n3)cn2)CC1. The van der Waals surface area contributed by atoms with Gasteiger partial charge in [-0.2, -0.15) is 0 Å². The van der Waals surface area contributed by atoms with Crippen LogP contribution in [0.2, 0.25) is 0 Å². The second-order valence-corrected chi connectivity index (χ2v) is 12.3. The predicted octanol–water partition coefficient (Wildman–Crippen LogP) is 4.35. The zero-order valence-corrected chi connectivity index (χ0v) is 25.0. The third kappa shape index (κ3) is 6.91. The first-order valence-electron chi connectivity index (χ1n) is 15.6. The zero-order chi connectivity index (χ0) is 29.8. The number of hydrogen-bond donors (Lipinski definition) is 2. The fourth-order valence-corrected chi connectivity index (χ4v) is 6.65. The number of benzene rings is 1. The molecule has 3 aromatic rings. The first-order valence-corrected chi connectivity index (χ1v) is 15.6. The molecule has 2 amide bonds. The highest BCUT2D eigenvalue weighted by atomic mass is 16.5. The van der Waals surface area contributed by atoms with Crippen LogP contribution >= 0.6 is 0 Å². The van der Waals surface area contributed by atoms with Crippen molar-refractivity contribution in [3.63, 3.8) is 0 Å². The van der Waals surface area contributed by atoms with Crippen molar-refractivity contribution in [1.82, 2.24) is 25.1 Å². The van der Waals surface area contributed by atoms with E-state index in [-0.39, 0.29) is 11.9 Å². The molecule has 3 aliphatic rings. The maximum Gasteiger partial charge on any atom is 0.407 e. The summed E-state index contributed by atoms with van der Waals surface area (Å²) in [6.07, 6.45) is 5.68. The first kappa shape index (κ1) is 29.3. The summed E-state index contributed by atoms with van der Waals surface area (Å²) in [6, 6.07) is 13.7. The number of para-hydroxylation sites is 1. The van der Waals surface area contributed by atoms with Crippen molar-refractivity contribution >= 4 is 28.7 Å². The molecule has 2 saturated heterocycles. The zero-order valence-electron chi connectivity index (χ0n) is 25.0. The van der Waals surface area contributed by atoms with Gasteiger partial charge in [0, 0.05) is 63.0 Å². The molecule has 1 aliphatic carbocycles. The highest BCUT2D eigenvalue weighted by molar-refractivity contribution is 6.07. The highest BCUT2D eigenvalue weighted by Gasteiger charge is 2.31. The largest absolute Gasteiger partial charge is 0.465 e. The lowest BCUT2D eigenvalue weighted by Gasteiger charge is -2.33. The number of amides is 2. The van der Waals surface area contributed by atoms with E-state index in [0.29, 0.717) is 43.7 Å². The van der Waals surface area contributed by atoms with E-state index in [4.69, 9.17) is 14.7 Å². The molecule has 228 valence electrons. The van der Waals surface area contributed by atoms with Gasteiger partial charge in [-0.1, -0.05) is 18.2 Å². The summed E-state index contributed by atoms with van der Waals surface area (Å²) in [5.74, 6) is 1.61. The molecule has 2 aliphatic heterocycles. The van der Waals surface area contributed by atoms with Crippen LogP contribution in [0.1, 0.15) is 42.5 Å². The lowest BCUT2D eigenvalue weighted by molar-refractivity contribution is 0.0902. The fourth-order valence-electron chi connectivity index (χ4n) is 6.65. The lowest BCUT2D eigenvalue weighted by Crippen LogP contribution is -2.44. The van der Waals surface area contributed by atoms with Crippen LogP contribution in [0.15, 0.2) is 48.7 Å². The number of fused-ring (bicyclic) bond motifs is 1. The van der Waals surface area contributed by atoms with Gasteiger partial charge in [-0.3, -0.25) is 4.79 Å². The molecule has 43 heavy (non-hydrogen) atoms. The summed E-state index contributed by atoms with van der Waals surface area (Å²) in [5.41, 5.74) is 3.02. The van der Waals surface area contributed by atoms with Crippen LogP contribution in [0.5, 0.6) is 0 Å². The van der Waals surface area contributed by atoms with Crippen molar-refractivity contribution in [3.8, 4) is 11.3 Å². The van der Waals surface area contributed by atoms with E-state index in [1.807, 2.05) is 48.7 Å². The van der Waals surface area contributed by atoms with Gasteiger partial charge in [0.25, 0.3) is 5.91 Å². The molecule has 1 aromatic carbocycles. The molecule has 6 rings (SSSR count). The van der Waals surface area contributed by atoms with Crippen LogP contribution in [0.4, 0.5) is 10.6 Å². The third-order valence-electron chi connectivity index (χ3n) is 9.40. The van der Waals surface area contributed by atoms with Crippen molar-refractivity contribution in [3.05, 3.63) is 54.2 Å². The van der Waals surface area contributed by atoms with Crippen LogP contribution in [0.25, 0.3) is 22.2 Å². The van der Waals surface area contributed by atoms with Crippen LogP contribution in [-0.4, -0.2) is 102 Å². The van der Waals surface area contributed by atoms with E-state index < -0.39 is 6.09 Å². The molecule has 1 saturated carbocycles. The van der Waals surface area contributed by atoms with E-state index in [1.165, 1.54) is 0 Å². The number of anilines is 1. The number of pyridine rings is 2. The minimum atomic E-state index is -0.851. The van der Waals surface area contributed by atoms with Crippen molar-refractivity contribution < 1.29 is 19.4 Å². The van der Waals surface area contributed by atoms with Crippen LogP contribution < -0.4 is 10.2 Å². The topological polar surface area (TPSA) is 111 Å². The Labute approximate surface area is 253 Å². The van der Waals surface area contributed by atoms with Crippen LogP contribution in [-0.2, 0) is 4.74 Å². The monoisotopic (exact) mass is 586 g/mol. The maximum absolute atomic E-state index is 13.6. The molecule has 1 unspecified atom stereocenters. The smallest absolute Gasteiger partial charge is 0.407 e. The number of likely N-dealkylation sites (N-methyl/N-ethyl adjacent to an activating group) is 1. The van der Waals surface area contributed by atoms with Gasteiger partial charge < -0.3 is 29.9 Å². The molecule has 10 nitrogen and oxygen atoms in total. The minimum absolute atomic E-state index is 0.0275. The minimum Gasteiger partial charge on any atom is -0.465 e. The number of carbonyl (C=O) groups excluding carboxylic acids is 1. The Kier molecular flexibility index (Phi) is 9.04. The van der Waals surface area contributed by atoms with Crippen LogP contribution in [0, 0.1) is 11.8 Å². The number of carboxylic acid groups (broad SMARTS) is 1. The van der Waals surface area contributed by atoms with Crippen molar-refractivity contribution in [2.45, 2.75) is 38.1 Å². The summed E-state index contributed by atoms with van der Waals surface area (Å²) in [5, 5.41) is 13.8. The van der Waals surface area contributed by atoms with Gasteiger partial charge in [0.05, 0.1) is 29.4 Å². The molecule has 1 atom stereocenters. The summed E-state index contributed by atoms with van der Waals surface area (Å²) in [6.45, 7) is 6.27. The quantitative estimate of drug-likeness (QED) is 0.401. The number of aromatic nitrogens is 2. The van der Waals surface area contributed by atoms with Gasteiger partial charge in [0.15, 0.2) is 0 Å². The number of nitrogens with zero attached hydrogens (tertiary/aromatic N) is 5. The fraction of sp³-hybridized carbons (Fsp3) is 0.515. The predicted molar refractivity (Wildman–Crippen MR) is 166 cm³/mol. The second-order valence-electron chi connectivity index (χ2n) is 12.3. The number of nitrogens with one attached hydrogen (secondary N) is 1. The molecule has 2 N–H and O–H groups in total. The Morgan fingerprint density at radius 3 is 2.49 bits per heavy atom. The summed E-state index contributed by atoms with van der Waals surface area (Å²) in [7, 11) is 2.14. The average molecular weight is 587 g/mol. The number of rotatable bonds is 8. The Balaban J connectivity index is 1.09. The Hall–Kier alpha value is -3.76. The Morgan fingerprint density at radius 2 is 1.79 bits per heavy atom. The number of carbonyl (C=O) groups is 2. The van der Waals surface area contributed by atoms with E-state index >= 15 is 0 Å². The van der Waals surface area contributed by atoms with Gasteiger partial charge in [-0.25, -0.2) is 14.8 Å². The van der Waals surface area contributed by atoms with Crippen LogP contribution in [0.3, 0.4) is 0 Å². The van der Waals surface area contributed by atoms with E-state index in [1.54, 1.807) is 4.90 Å². The summed E-state index contributed by atoms with van der Waals surface area (Å²) in [4.78, 5) is 41.2. The molecule has 0 radical (unpaired) electrons. The Bertz CT molecular complexity index is 1410. The normalized spacial score (nSPS) is 22.9. The standard InChI is InChI=1S/C33H42N6O4/c1-37-13-15-38(16-14-37)31-11-10-25(20-34-31)30-18-28(27-4-2-3-5-29(27)36-30)32(40)35-19-23-6-8-24(9-7-23)21-39(33(41)42)26-12-17-43-22-26/h2-5,10-11,18,20,23-24,26H,6-9,12-17,19,21-22H2,1H3,(H,35,40)(H,41,42)/t23-,24-,26?. The van der Waals surface area contributed by atoms with Gasteiger partial charge in [0.1, 0.15) is 5.82 Å². The molecule has 0 bridgehead atoms. The Morgan fingerprint density at radius 1 is 1.02 bits per heavy atom. The van der Waals surface area contributed by atoms with Gasteiger partial charge in [0.2, 0.25) is 0 Å². The van der Waals surface area contributed by atoms with Crippen molar-refractivity contribution in [2.75, 3.05) is 64.4 Å². The van der Waals surface area contributed by atoms with Gasteiger partial charge in [-0.15, -0.1) is 0 Å². The molecule has 3 fully saturated rings. The molecular formula is C33H42N6O4. The molecule has 10 heteroatoms. The lowest BCUT2D eigenvalue weighted by atomic mass is 9.81. The second kappa shape index (κ2) is 13.3. The first-order chi connectivity index (χ1) is 20.9. The summed E-state index contributed by atoms with van der Waals surface area (Å²) >= 11 is 0. The molecule has 4 heterocycles. The van der Waals surface area contributed by atoms with E-state index in [9.17, 15) is 14.7 Å². The molecule has 2 aromatic heterocycles. The van der Waals surface area contributed by atoms with Gasteiger partial charge in [-0.05, 0) is 75.3 Å². The molecule has 0 spiro atoms. The van der Waals surface area contributed by atoms with E-state index in [2.05, 4.69) is 22.2 Å². The highest BCUT2D eigenvalue weighted by Crippen LogP contribution is 2.31. The maximum atomic E-state index is 13.6. The number of hydrogen-bond acceptors (Lipinski definition) is 7. The number of ether oxygens (including phenoxy) is 1. The average Bonchev–Trinajstić information content (AvgIpc) is 3.57. The van der Waals surface area contributed by atoms with E-state index in [0.717, 1.165) is 86.3 Å².